The molecule has 0 radical (unpaired) electrons. The first-order valence-electron chi connectivity index (χ1n) is 9.29. The summed E-state index contributed by atoms with van der Waals surface area (Å²) in [6.45, 7) is 4.86. The van der Waals surface area contributed by atoms with E-state index in [1.807, 2.05) is 18.2 Å². The van der Waals surface area contributed by atoms with E-state index in [9.17, 15) is 4.79 Å². The molecule has 1 aliphatic rings. The first kappa shape index (κ1) is 19.6. The summed E-state index contributed by atoms with van der Waals surface area (Å²) in [5.74, 6) is 0. The molecular weight excluding hydrogens is 314 g/mol. The summed E-state index contributed by atoms with van der Waals surface area (Å²) < 4.78 is 0. The van der Waals surface area contributed by atoms with Gasteiger partial charge >= 0.3 is 6.03 Å². The van der Waals surface area contributed by atoms with E-state index < -0.39 is 0 Å². The van der Waals surface area contributed by atoms with Gasteiger partial charge in [-0.05, 0) is 36.8 Å². The molecule has 1 fully saturated rings. The summed E-state index contributed by atoms with van der Waals surface area (Å²) in [6, 6.07) is 8.45. The third-order valence-electron chi connectivity index (χ3n) is 5.20. The molecule has 1 aromatic rings. The molecule has 0 heterocycles. The van der Waals surface area contributed by atoms with Crippen LogP contribution in [0.5, 0.6) is 0 Å². The fourth-order valence-corrected chi connectivity index (χ4v) is 3.68. The molecule has 1 aromatic carbocycles. The fraction of sp³-hybridized carbons (Fsp3) is 0.650. The molecule has 5 nitrogen and oxygen atoms in total. The molecule has 5 heteroatoms. The predicted octanol–water partition coefficient (Wildman–Crippen LogP) is 3.94. The smallest absolute Gasteiger partial charge is 0.321 e. The Hall–Kier alpha value is -1.75. The van der Waals surface area contributed by atoms with Gasteiger partial charge in [-0.1, -0.05) is 38.8 Å². The molecule has 2 amide bonds. The van der Waals surface area contributed by atoms with Crippen molar-refractivity contribution in [1.82, 2.24) is 4.90 Å². The van der Waals surface area contributed by atoms with Crippen molar-refractivity contribution >= 4 is 17.4 Å². The van der Waals surface area contributed by atoms with Crippen LogP contribution in [-0.4, -0.2) is 49.3 Å². The number of anilines is 2. The third kappa shape index (κ3) is 5.36. The first-order valence-corrected chi connectivity index (χ1v) is 9.29. The van der Waals surface area contributed by atoms with Crippen molar-refractivity contribution < 1.29 is 9.90 Å². The Kier molecular flexibility index (Phi) is 6.71. The molecule has 2 N–H and O–H groups in total. The molecule has 1 saturated carbocycles. The number of urea groups is 1. The summed E-state index contributed by atoms with van der Waals surface area (Å²) in [5.41, 5.74) is 1.82. The molecule has 25 heavy (non-hydrogen) atoms. The SMILES string of the molecule is CN(CC(C)(C)CCO)C(=O)Nc1ccccc1N(C)C1CCCC1. The standard InChI is InChI=1S/C20H33N3O2/c1-20(2,13-14-24)15-22(3)19(25)21-17-11-7-8-12-18(17)23(4)16-9-5-6-10-16/h7-8,11-12,16,24H,5-6,9-10,13-15H2,1-4H3,(H,21,25). The zero-order valence-corrected chi connectivity index (χ0v) is 16.1. The molecule has 0 unspecified atom stereocenters. The van der Waals surface area contributed by atoms with Crippen molar-refractivity contribution in [3.05, 3.63) is 24.3 Å². The largest absolute Gasteiger partial charge is 0.396 e. The molecule has 0 spiro atoms. The molecule has 0 saturated heterocycles. The minimum Gasteiger partial charge on any atom is -0.396 e. The summed E-state index contributed by atoms with van der Waals surface area (Å²) in [6.07, 6.45) is 5.67. The number of hydrogen-bond acceptors (Lipinski definition) is 3. The summed E-state index contributed by atoms with van der Waals surface area (Å²) >= 11 is 0. The van der Waals surface area contributed by atoms with Gasteiger partial charge in [0.2, 0.25) is 0 Å². The third-order valence-corrected chi connectivity index (χ3v) is 5.20. The van der Waals surface area contributed by atoms with E-state index in [0.717, 1.165) is 11.4 Å². The molecule has 140 valence electrons. The lowest BCUT2D eigenvalue weighted by Crippen LogP contribution is -2.39. The molecule has 0 bridgehead atoms. The number of carbonyl (C=O) groups excluding carboxylic acids is 1. The van der Waals surface area contributed by atoms with Crippen molar-refractivity contribution in [2.45, 2.75) is 52.0 Å². The number of aliphatic hydroxyl groups excluding tert-OH is 1. The number of amides is 2. The Morgan fingerprint density at radius 2 is 1.88 bits per heavy atom. The van der Waals surface area contributed by atoms with Crippen LogP contribution in [0, 0.1) is 5.41 Å². The molecule has 2 rings (SSSR count). The number of nitrogens with zero attached hydrogens (tertiary/aromatic N) is 2. The van der Waals surface area contributed by atoms with Crippen LogP contribution in [0.1, 0.15) is 46.0 Å². The Morgan fingerprint density at radius 1 is 1.24 bits per heavy atom. The second-order valence-corrected chi connectivity index (χ2v) is 7.99. The predicted molar refractivity (Wildman–Crippen MR) is 104 cm³/mol. The average Bonchev–Trinajstić information content (AvgIpc) is 3.08. The zero-order chi connectivity index (χ0) is 18.4. The number of benzene rings is 1. The summed E-state index contributed by atoms with van der Waals surface area (Å²) in [7, 11) is 3.92. The lowest BCUT2D eigenvalue weighted by molar-refractivity contribution is 0.163. The van der Waals surface area contributed by atoms with Crippen molar-refractivity contribution in [2.24, 2.45) is 5.41 Å². The van der Waals surface area contributed by atoms with Crippen LogP contribution >= 0.6 is 0 Å². The monoisotopic (exact) mass is 347 g/mol. The van der Waals surface area contributed by atoms with Gasteiger partial charge in [0, 0.05) is 33.3 Å². The highest BCUT2D eigenvalue weighted by Crippen LogP contribution is 2.32. The highest BCUT2D eigenvalue weighted by atomic mass is 16.3. The van der Waals surface area contributed by atoms with Crippen LogP contribution in [0.3, 0.4) is 0 Å². The van der Waals surface area contributed by atoms with Gasteiger partial charge in [-0.25, -0.2) is 4.79 Å². The van der Waals surface area contributed by atoms with Gasteiger partial charge in [-0.2, -0.15) is 0 Å². The minimum absolute atomic E-state index is 0.110. The van der Waals surface area contributed by atoms with Gasteiger partial charge in [0.15, 0.2) is 0 Å². The Balaban J connectivity index is 2.05. The van der Waals surface area contributed by atoms with Crippen molar-refractivity contribution in [2.75, 3.05) is 37.5 Å². The quantitative estimate of drug-likeness (QED) is 0.785. The number of aliphatic hydroxyl groups is 1. The Labute approximate surface area is 152 Å². The minimum atomic E-state index is -0.113. The summed E-state index contributed by atoms with van der Waals surface area (Å²) in [4.78, 5) is 16.6. The highest BCUT2D eigenvalue weighted by molar-refractivity contribution is 5.93. The van der Waals surface area contributed by atoms with Crippen LogP contribution in [-0.2, 0) is 0 Å². The lowest BCUT2D eigenvalue weighted by Gasteiger charge is -2.31. The van der Waals surface area contributed by atoms with Gasteiger partial charge in [0.25, 0.3) is 0 Å². The number of hydrogen-bond donors (Lipinski definition) is 2. The van der Waals surface area contributed by atoms with Crippen LogP contribution in [0.4, 0.5) is 16.2 Å². The van der Waals surface area contributed by atoms with Crippen LogP contribution in [0.15, 0.2) is 24.3 Å². The highest BCUT2D eigenvalue weighted by Gasteiger charge is 2.24. The van der Waals surface area contributed by atoms with Gasteiger partial charge in [-0.3, -0.25) is 0 Å². The van der Waals surface area contributed by atoms with Crippen LogP contribution in [0.25, 0.3) is 0 Å². The van der Waals surface area contributed by atoms with Crippen LogP contribution in [0.2, 0.25) is 0 Å². The normalized spacial score (nSPS) is 15.2. The van der Waals surface area contributed by atoms with E-state index >= 15 is 0 Å². The average molecular weight is 348 g/mol. The molecule has 0 aliphatic heterocycles. The van der Waals surface area contributed by atoms with Gasteiger partial charge in [0.05, 0.1) is 11.4 Å². The number of para-hydroxylation sites is 2. The molecule has 1 aliphatic carbocycles. The van der Waals surface area contributed by atoms with E-state index in [1.165, 1.54) is 25.7 Å². The molecule has 0 aromatic heterocycles. The van der Waals surface area contributed by atoms with Gasteiger partial charge < -0.3 is 20.2 Å². The Morgan fingerprint density at radius 3 is 2.52 bits per heavy atom. The topological polar surface area (TPSA) is 55.8 Å². The van der Waals surface area contributed by atoms with E-state index in [2.05, 4.69) is 37.2 Å². The van der Waals surface area contributed by atoms with Gasteiger partial charge in [-0.15, -0.1) is 0 Å². The van der Waals surface area contributed by atoms with E-state index in [1.54, 1.807) is 11.9 Å². The molecular formula is C20H33N3O2. The zero-order valence-electron chi connectivity index (χ0n) is 16.1. The number of nitrogens with one attached hydrogen (secondary N) is 1. The second-order valence-electron chi connectivity index (χ2n) is 7.99. The number of rotatable bonds is 7. The Bertz CT molecular complexity index is 568. The van der Waals surface area contributed by atoms with Crippen molar-refractivity contribution in [3.8, 4) is 0 Å². The maximum Gasteiger partial charge on any atom is 0.321 e. The van der Waals surface area contributed by atoms with E-state index in [-0.39, 0.29) is 18.1 Å². The van der Waals surface area contributed by atoms with Crippen LogP contribution < -0.4 is 10.2 Å². The fourth-order valence-electron chi connectivity index (χ4n) is 3.68. The van der Waals surface area contributed by atoms with E-state index in [0.29, 0.717) is 19.0 Å². The number of carbonyl (C=O) groups is 1. The van der Waals surface area contributed by atoms with Crippen molar-refractivity contribution in [3.63, 3.8) is 0 Å². The van der Waals surface area contributed by atoms with Gasteiger partial charge in [0.1, 0.15) is 0 Å². The first-order chi connectivity index (χ1) is 11.8. The molecule has 0 atom stereocenters. The lowest BCUT2D eigenvalue weighted by atomic mass is 9.89. The maximum absolute atomic E-state index is 12.6. The summed E-state index contributed by atoms with van der Waals surface area (Å²) in [5, 5.41) is 12.2. The second kappa shape index (κ2) is 8.56. The van der Waals surface area contributed by atoms with Crippen molar-refractivity contribution in [1.29, 1.82) is 0 Å². The maximum atomic E-state index is 12.6. The van der Waals surface area contributed by atoms with E-state index in [4.69, 9.17) is 5.11 Å².